The quantitative estimate of drug-likeness (QED) is 0.299. The second kappa shape index (κ2) is 10.3. The summed E-state index contributed by atoms with van der Waals surface area (Å²) >= 11 is 0. The Morgan fingerprint density at radius 1 is 1.15 bits per heavy atom. The lowest BCUT2D eigenvalue weighted by Gasteiger charge is -2.28. The van der Waals surface area contributed by atoms with E-state index in [1.165, 1.54) is 0 Å². The lowest BCUT2D eigenvalue weighted by molar-refractivity contribution is -0.112. The van der Waals surface area contributed by atoms with Crippen LogP contribution in [0.4, 0.5) is 4.79 Å². The molecule has 7 heteroatoms. The monoisotopic (exact) mass is 361 g/mol. The molecular formula is C19H28BNO5. The van der Waals surface area contributed by atoms with E-state index in [1.807, 2.05) is 40.8 Å². The number of carbonyl (C=O) groups is 2. The van der Waals surface area contributed by atoms with Crippen molar-refractivity contribution in [2.24, 2.45) is 0 Å². The number of carbonyl (C=O) groups excluding carboxylic acids is 2. The van der Waals surface area contributed by atoms with E-state index < -0.39 is 17.3 Å². The van der Waals surface area contributed by atoms with Crippen LogP contribution in [0, 0.1) is 13.8 Å². The molecule has 0 amide bonds. The van der Waals surface area contributed by atoms with Crippen molar-refractivity contribution in [3.8, 4) is 5.75 Å². The first kappa shape index (κ1) is 22.2. The molecule has 0 aliphatic carbocycles. The maximum atomic E-state index is 12.0. The number of ether oxygens (including phenoxy) is 3. The molecule has 0 saturated heterocycles. The van der Waals surface area contributed by atoms with Crippen LogP contribution in [0.5, 0.6) is 5.75 Å². The zero-order valence-electron chi connectivity index (χ0n) is 16.3. The molecule has 0 unspecified atom stereocenters. The fourth-order valence-electron chi connectivity index (χ4n) is 2.98. The van der Waals surface area contributed by atoms with Crippen LogP contribution in [-0.2, 0) is 19.7 Å². The van der Waals surface area contributed by atoms with Gasteiger partial charge in [-0.25, -0.2) is 4.79 Å². The van der Waals surface area contributed by atoms with Gasteiger partial charge in [0.1, 0.15) is 12.4 Å². The van der Waals surface area contributed by atoms with E-state index in [-0.39, 0.29) is 13.0 Å². The van der Waals surface area contributed by atoms with E-state index in [9.17, 15) is 9.59 Å². The number of aryl methyl sites for hydroxylation is 2. The SMILES string of the molecule is [B]C(=O)CC(C)(C)c1c(C)cc(C)cc1OC(=O)OCCOCCNC. The first-order valence-electron chi connectivity index (χ1n) is 8.64. The Kier molecular flexibility index (Phi) is 8.82. The number of benzene rings is 1. The largest absolute Gasteiger partial charge is 0.513 e. The molecule has 1 aromatic rings. The van der Waals surface area contributed by atoms with Crippen molar-refractivity contribution in [2.45, 2.75) is 39.5 Å². The Hall–Kier alpha value is -1.86. The summed E-state index contributed by atoms with van der Waals surface area (Å²) in [6.07, 6.45) is -0.662. The molecule has 0 aliphatic heterocycles. The smallest absolute Gasteiger partial charge is 0.432 e. The number of hydrogen-bond donors (Lipinski definition) is 1. The highest BCUT2D eigenvalue weighted by Crippen LogP contribution is 2.38. The fraction of sp³-hybridized carbons (Fsp3) is 0.579. The number of likely N-dealkylation sites (N-methyl/N-ethyl adjacent to an activating group) is 1. The minimum absolute atomic E-state index is 0.105. The predicted octanol–water partition coefficient (Wildman–Crippen LogP) is 2.42. The number of nitrogens with one attached hydrogen (secondary N) is 1. The summed E-state index contributed by atoms with van der Waals surface area (Å²) in [5.41, 5.74) is 1.65. The van der Waals surface area contributed by atoms with Gasteiger partial charge in [-0.05, 0) is 43.5 Å². The van der Waals surface area contributed by atoms with Gasteiger partial charge in [-0.1, -0.05) is 19.9 Å². The molecule has 0 saturated carbocycles. The lowest BCUT2D eigenvalue weighted by Crippen LogP contribution is -2.25. The van der Waals surface area contributed by atoms with Crippen LogP contribution < -0.4 is 10.1 Å². The summed E-state index contributed by atoms with van der Waals surface area (Å²) in [7, 11) is 7.20. The van der Waals surface area contributed by atoms with E-state index in [0.29, 0.717) is 19.0 Å². The molecule has 0 heterocycles. The number of rotatable bonds is 10. The Balaban J connectivity index is 2.82. The van der Waals surface area contributed by atoms with Gasteiger partial charge in [-0.3, -0.25) is 0 Å². The third-order valence-corrected chi connectivity index (χ3v) is 3.87. The standard InChI is InChI=1S/C19H28BNO5/c1-13-10-14(2)17(19(3,4)12-16(20)22)15(11-13)26-18(23)25-9-8-24-7-6-21-5/h10-11,21H,6-9,12H2,1-5H3. The predicted molar refractivity (Wildman–Crippen MR) is 101 cm³/mol. The molecule has 0 fully saturated rings. The molecule has 1 aromatic carbocycles. The summed E-state index contributed by atoms with van der Waals surface area (Å²) in [6, 6.07) is 3.74. The normalized spacial score (nSPS) is 11.3. The van der Waals surface area contributed by atoms with Crippen molar-refractivity contribution in [1.29, 1.82) is 0 Å². The highest BCUT2D eigenvalue weighted by Gasteiger charge is 2.29. The molecule has 0 bridgehead atoms. The molecule has 0 spiro atoms. The molecule has 0 aromatic heterocycles. The Morgan fingerprint density at radius 2 is 1.85 bits per heavy atom. The van der Waals surface area contributed by atoms with E-state index in [1.54, 1.807) is 6.07 Å². The van der Waals surface area contributed by atoms with Crippen LogP contribution in [-0.4, -0.2) is 53.1 Å². The third-order valence-electron chi connectivity index (χ3n) is 3.87. The molecule has 0 aliphatic rings. The van der Waals surface area contributed by atoms with Crippen LogP contribution >= 0.6 is 0 Å². The van der Waals surface area contributed by atoms with Gasteiger partial charge in [0.05, 0.1) is 18.9 Å². The average Bonchev–Trinajstić information content (AvgIpc) is 2.48. The lowest BCUT2D eigenvalue weighted by atomic mass is 9.74. The topological polar surface area (TPSA) is 73.9 Å². The van der Waals surface area contributed by atoms with E-state index >= 15 is 0 Å². The zero-order chi connectivity index (χ0) is 19.7. The van der Waals surface area contributed by atoms with Crippen LogP contribution in [0.25, 0.3) is 0 Å². The van der Waals surface area contributed by atoms with Gasteiger partial charge in [0.25, 0.3) is 0 Å². The van der Waals surface area contributed by atoms with E-state index in [0.717, 1.165) is 23.2 Å². The zero-order valence-corrected chi connectivity index (χ0v) is 16.3. The Labute approximate surface area is 157 Å². The van der Waals surface area contributed by atoms with Crippen molar-refractivity contribution in [3.63, 3.8) is 0 Å². The number of hydrogen-bond acceptors (Lipinski definition) is 6. The van der Waals surface area contributed by atoms with Gasteiger partial charge in [-0.2, -0.15) is 0 Å². The maximum absolute atomic E-state index is 12.0. The van der Waals surface area contributed by atoms with Gasteiger partial charge in [0.15, 0.2) is 7.85 Å². The maximum Gasteiger partial charge on any atom is 0.513 e. The molecular weight excluding hydrogens is 333 g/mol. The fourth-order valence-corrected chi connectivity index (χ4v) is 2.98. The minimum Gasteiger partial charge on any atom is -0.432 e. The Morgan fingerprint density at radius 3 is 2.46 bits per heavy atom. The van der Waals surface area contributed by atoms with Crippen LogP contribution in [0.3, 0.4) is 0 Å². The van der Waals surface area contributed by atoms with Crippen LogP contribution in [0.2, 0.25) is 0 Å². The molecule has 1 N–H and O–H groups in total. The molecule has 6 nitrogen and oxygen atoms in total. The van der Waals surface area contributed by atoms with Gasteiger partial charge < -0.3 is 24.3 Å². The Bertz CT molecular complexity index is 631. The summed E-state index contributed by atoms with van der Waals surface area (Å²) in [4.78, 5) is 23.4. The second-order valence-electron chi connectivity index (χ2n) is 6.90. The molecule has 142 valence electrons. The molecule has 0 atom stereocenters. The summed E-state index contributed by atoms with van der Waals surface area (Å²) in [5, 5.41) is 2.95. The average molecular weight is 361 g/mol. The van der Waals surface area contributed by atoms with Gasteiger partial charge in [0.2, 0.25) is 0 Å². The molecule has 1 rings (SSSR count). The first-order chi connectivity index (χ1) is 12.2. The van der Waals surface area contributed by atoms with Gasteiger partial charge >= 0.3 is 6.16 Å². The summed E-state index contributed by atoms with van der Waals surface area (Å²) in [6.45, 7) is 9.27. The van der Waals surface area contributed by atoms with Gasteiger partial charge in [0, 0.05) is 18.5 Å². The van der Waals surface area contributed by atoms with Crippen molar-refractivity contribution in [2.75, 3.05) is 33.4 Å². The molecule has 2 radical (unpaired) electrons. The minimum atomic E-state index is -0.802. The highest BCUT2D eigenvalue weighted by atomic mass is 16.7. The van der Waals surface area contributed by atoms with Crippen LogP contribution in [0.15, 0.2) is 12.1 Å². The third kappa shape index (κ3) is 7.18. The summed E-state index contributed by atoms with van der Waals surface area (Å²) in [5.74, 6) is 0.384. The van der Waals surface area contributed by atoms with Gasteiger partial charge in [-0.15, -0.1) is 0 Å². The summed E-state index contributed by atoms with van der Waals surface area (Å²) < 4.78 is 15.8. The first-order valence-corrected chi connectivity index (χ1v) is 8.64. The molecule has 26 heavy (non-hydrogen) atoms. The van der Waals surface area contributed by atoms with Crippen molar-refractivity contribution in [3.05, 3.63) is 28.8 Å². The van der Waals surface area contributed by atoms with Crippen LogP contribution in [0.1, 0.15) is 37.0 Å². The van der Waals surface area contributed by atoms with Crippen molar-refractivity contribution >= 4 is 19.7 Å². The van der Waals surface area contributed by atoms with Crippen molar-refractivity contribution < 1.29 is 23.8 Å². The van der Waals surface area contributed by atoms with E-state index in [2.05, 4.69) is 5.32 Å². The highest BCUT2D eigenvalue weighted by molar-refractivity contribution is 6.57. The van der Waals surface area contributed by atoms with E-state index in [4.69, 9.17) is 22.1 Å². The van der Waals surface area contributed by atoms with Crippen molar-refractivity contribution in [1.82, 2.24) is 5.32 Å². The second-order valence-corrected chi connectivity index (χ2v) is 6.90.